The molecule has 3 amide bonds. The van der Waals surface area contributed by atoms with Gasteiger partial charge >= 0.3 is 6.03 Å². The third-order valence-corrected chi connectivity index (χ3v) is 5.52. The molecule has 1 aliphatic carbocycles. The monoisotopic (exact) mass is 392 g/mol. The van der Waals surface area contributed by atoms with Crippen LogP contribution in [0.4, 0.5) is 10.5 Å². The average molecular weight is 393 g/mol. The van der Waals surface area contributed by atoms with Crippen molar-refractivity contribution in [3.05, 3.63) is 65.7 Å². The molecule has 0 bridgehead atoms. The smallest absolute Gasteiger partial charge is 0.319 e. The van der Waals surface area contributed by atoms with Gasteiger partial charge in [-0.05, 0) is 62.5 Å². The maximum atomic E-state index is 12.8. The maximum absolute atomic E-state index is 12.8. The Morgan fingerprint density at radius 1 is 1.00 bits per heavy atom. The Morgan fingerprint density at radius 2 is 1.76 bits per heavy atom. The molecule has 0 radical (unpaired) electrons. The first-order valence-corrected chi connectivity index (χ1v) is 10.4. The van der Waals surface area contributed by atoms with Crippen molar-refractivity contribution in [2.24, 2.45) is 0 Å². The van der Waals surface area contributed by atoms with Crippen molar-refractivity contribution in [1.29, 1.82) is 0 Å². The molecule has 1 saturated carbocycles. The van der Waals surface area contributed by atoms with E-state index < -0.39 is 0 Å². The number of nitrogens with zero attached hydrogens (tertiary/aromatic N) is 1. The van der Waals surface area contributed by atoms with Crippen LogP contribution in [0.5, 0.6) is 0 Å². The highest BCUT2D eigenvalue weighted by Gasteiger charge is 2.24. The van der Waals surface area contributed by atoms with Crippen molar-refractivity contribution >= 4 is 17.6 Å². The lowest BCUT2D eigenvalue weighted by atomic mass is 10.1. The van der Waals surface area contributed by atoms with Crippen LogP contribution >= 0.6 is 0 Å². The number of amides is 3. The summed E-state index contributed by atoms with van der Waals surface area (Å²) in [5.41, 5.74) is 2.39. The Labute approximate surface area is 171 Å². The summed E-state index contributed by atoms with van der Waals surface area (Å²) in [6, 6.07) is 17.7. The molecule has 1 heterocycles. The predicted octanol–water partition coefficient (Wildman–Crippen LogP) is 3.54. The molecule has 2 aromatic rings. The zero-order valence-corrected chi connectivity index (χ0v) is 16.6. The molecule has 3 N–H and O–H groups in total. The van der Waals surface area contributed by atoms with Gasteiger partial charge in [-0.1, -0.05) is 36.4 Å². The van der Waals surface area contributed by atoms with E-state index in [4.69, 9.17) is 0 Å². The van der Waals surface area contributed by atoms with Crippen molar-refractivity contribution in [2.75, 3.05) is 25.0 Å². The largest absolute Gasteiger partial charge is 0.350 e. The van der Waals surface area contributed by atoms with E-state index in [1.54, 1.807) is 24.3 Å². The second-order valence-corrected chi connectivity index (χ2v) is 7.83. The second-order valence-electron chi connectivity index (χ2n) is 7.83. The fraction of sp³-hybridized carbons (Fsp3) is 0.391. The number of carbonyl (C=O) groups is 2. The van der Waals surface area contributed by atoms with Crippen LogP contribution in [0.15, 0.2) is 54.6 Å². The Balaban J connectivity index is 1.38. The second kappa shape index (κ2) is 9.09. The van der Waals surface area contributed by atoms with E-state index >= 15 is 0 Å². The van der Waals surface area contributed by atoms with Gasteiger partial charge in [-0.25, -0.2) is 4.79 Å². The molecule has 1 unspecified atom stereocenters. The van der Waals surface area contributed by atoms with E-state index in [1.807, 2.05) is 18.2 Å². The molecule has 0 aromatic heterocycles. The molecule has 1 saturated heterocycles. The highest BCUT2D eigenvalue weighted by Crippen LogP contribution is 2.24. The first-order valence-electron chi connectivity index (χ1n) is 10.4. The van der Waals surface area contributed by atoms with Crippen LogP contribution in [0.3, 0.4) is 0 Å². The number of hydrogen-bond donors (Lipinski definition) is 3. The van der Waals surface area contributed by atoms with Gasteiger partial charge in [-0.3, -0.25) is 9.69 Å². The molecule has 6 nitrogen and oxygen atoms in total. The number of likely N-dealkylation sites (tertiary alicyclic amines) is 1. The fourth-order valence-electron chi connectivity index (χ4n) is 3.80. The van der Waals surface area contributed by atoms with Crippen LogP contribution in [0.25, 0.3) is 0 Å². The van der Waals surface area contributed by atoms with Crippen LogP contribution in [-0.2, 0) is 0 Å². The minimum absolute atomic E-state index is 0.128. The van der Waals surface area contributed by atoms with Gasteiger partial charge in [0.1, 0.15) is 0 Å². The summed E-state index contributed by atoms with van der Waals surface area (Å²) in [6.45, 7) is 2.68. The molecule has 4 rings (SSSR count). The van der Waals surface area contributed by atoms with Crippen molar-refractivity contribution in [3.63, 3.8) is 0 Å². The summed E-state index contributed by atoms with van der Waals surface area (Å²) in [6.07, 6.45) is 4.48. The number of carbonyl (C=O) groups excluding carboxylic acids is 2. The summed E-state index contributed by atoms with van der Waals surface area (Å²) in [5.74, 6) is -0.128. The Hall–Kier alpha value is -2.86. The average Bonchev–Trinajstić information content (AvgIpc) is 3.38. The number of urea groups is 1. The van der Waals surface area contributed by atoms with Crippen LogP contribution in [0.2, 0.25) is 0 Å². The third kappa shape index (κ3) is 5.35. The van der Waals surface area contributed by atoms with Gasteiger partial charge in [0.2, 0.25) is 0 Å². The van der Waals surface area contributed by atoms with Gasteiger partial charge in [0, 0.05) is 23.8 Å². The Kier molecular flexibility index (Phi) is 6.10. The van der Waals surface area contributed by atoms with Crippen molar-refractivity contribution in [2.45, 2.75) is 37.8 Å². The van der Waals surface area contributed by atoms with Gasteiger partial charge in [0.05, 0.1) is 6.04 Å². The minimum Gasteiger partial charge on any atom is -0.350 e. The summed E-state index contributed by atoms with van der Waals surface area (Å²) >= 11 is 0. The van der Waals surface area contributed by atoms with E-state index in [0.717, 1.165) is 25.9 Å². The molecule has 2 aliphatic rings. The number of rotatable bonds is 7. The van der Waals surface area contributed by atoms with E-state index in [9.17, 15) is 9.59 Å². The van der Waals surface area contributed by atoms with Crippen LogP contribution in [0.1, 0.15) is 47.6 Å². The first kappa shape index (κ1) is 19.5. The van der Waals surface area contributed by atoms with Crippen molar-refractivity contribution < 1.29 is 9.59 Å². The SMILES string of the molecule is O=C(Nc1cccc(C(=O)NCC(c2ccccc2)N2CCCC2)c1)NC1CC1. The summed E-state index contributed by atoms with van der Waals surface area (Å²) in [7, 11) is 0. The number of benzene rings is 2. The van der Waals surface area contributed by atoms with E-state index in [-0.39, 0.29) is 18.0 Å². The first-order chi connectivity index (χ1) is 14.2. The van der Waals surface area contributed by atoms with E-state index in [1.165, 1.54) is 18.4 Å². The zero-order valence-electron chi connectivity index (χ0n) is 16.6. The van der Waals surface area contributed by atoms with Gasteiger partial charge in [0.15, 0.2) is 0 Å². The lowest BCUT2D eigenvalue weighted by molar-refractivity contribution is 0.0938. The zero-order chi connectivity index (χ0) is 20.1. The van der Waals surface area contributed by atoms with Gasteiger partial charge in [-0.15, -0.1) is 0 Å². The van der Waals surface area contributed by atoms with Gasteiger partial charge in [0.25, 0.3) is 5.91 Å². The molecule has 6 heteroatoms. The topological polar surface area (TPSA) is 73.5 Å². The van der Waals surface area contributed by atoms with Crippen LogP contribution in [-0.4, -0.2) is 42.5 Å². The number of nitrogens with one attached hydrogen (secondary N) is 3. The van der Waals surface area contributed by atoms with E-state index in [0.29, 0.717) is 23.8 Å². The molecule has 152 valence electrons. The maximum Gasteiger partial charge on any atom is 0.319 e. The highest BCUT2D eigenvalue weighted by atomic mass is 16.2. The molecule has 1 atom stereocenters. The highest BCUT2D eigenvalue weighted by molar-refractivity contribution is 5.97. The lowest BCUT2D eigenvalue weighted by Crippen LogP contribution is -2.36. The Bertz CT molecular complexity index is 845. The summed E-state index contributed by atoms with van der Waals surface area (Å²) < 4.78 is 0. The van der Waals surface area contributed by atoms with Crippen LogP contribution < -0.4 is 16.0 Å². The summed E-state index contributed by atoms with van der Waals surface area (Å²) in [5, 5.41) is 8.78. The van der Waals surface area contributed by atoms with Crippen LogP contribution in [0, 0.1) is 0 Å². The molecular weight excluding hydrogens is 364 g/mol. The molecule has 0 spiro atoms. The molecule has 29 heavy (non-hydrogen) atoms. The normalized spacial score (nSPS) is 17.5. The summed E-state index contributed by atoms with van der Waals surface area (Å²) in [4.78, 5) is 27.1. The fourth-order valence-corrected chi connectivity index (χ4v) is 3.80. The number of anilines is 1. The molecule has 1 aliphatic heterocycles. The third-order valence-electron chi connectivity index (χ3n) is 5.52. The minimum atomic E-state index is -0.219. The van der Waals surface area contributed by atoms with Crippen molar-refractivity contribution in [1.82, 2.24) is 15.5 Å². The molecule has 2 aromatic carbocycles. The molecule has 2 fully saturated rings. The quantitative estimate of drug-likeness (QED) is 0.675. The lowest BCUT2D eigenvalue weighted by Gasteiger charge is -2.28. The van der Waals surface area contributed by atoms with E-state index in [2.05, 4.69) is 33.0 Å². The molecular formula is C23H28N4O2. The van der Waals surface area contributed by atoms with Gasteiger partial charge in [-0.2, -0.15) is 0 Å². The number of hydrogen-bond acceptors (Lipinski definition) is 3. The standard InChI is InChI=1S/C23H28N4O2/c28-22(18-9-6-10-20(15-18)26-23(29)25-19-11-12-19)24-16-21(27-13-4-5-14-27)17-7-2-1-3-8-17/h1-3,6-10,15,19,21H,4-5,11-14,16H2,(H,24,28)(H2,25,26,29). The van der Waals surface area contributed by atoms with Gasteiger partial charge < -0.3 is 16.0 Å². The Morgan fingerprint density at radius 3 is 2.48 bits per heavy atom. The predicted molar refractivity (Wildman–Crippen MR) is 114 cm³/mol. The van der Waals surface area contributed by atoms with Crippen molar-refractivity contribution in [3.8, 4) is 0 Å².